The number of nitrogens with zero attached hydrogens (tertiary/aromatic N) is 3. The van der Waals surface area contributed by atoms with Gasteiger partial charge in [0.15, 0.2) is 6.73 Å². The maximum atomic E-state index is 12.7. The van der Waals surface area contributed by atoms with Crippen LogP contribution in [0.5, 0.6) is 5.75 Å². The van der Waals surface area contributed by atoms with Gasteiger partial charge in [-0.2, -0.15) is 18.3 Å². The zero-order valence-corrected chi connectivity index (χ0v) is 15.1. The van der Waals surface area contributed by atoms with E-state index < -0.39 is 11.7 Å². The molecule has 1 N–H and O–H groups in total. The van der Waals surface area contributed by atoms with Gasteiger partial charge in [0.25, 0.3) is 5.91 Å². The van der Waals surface area contributed by atoms with Crippen molar-refractivity contribution < 1.29 is 27.4 Å². The summed E-state index contributed by atoms with van der Waals surface area (Å²) >= 11 is 0. The molecule has 0 saturated carbocycles. The standard InChI is InChI=1S/C18H21F3N4O3/c19-18(20,21)14-2-1-3-15(12-14)28-13-25-6-4-16(23-25)17(26)22-5-7-24-8-10-27-11-9-24/h1-4,6,12H,5,7-11,13H2,(H,22,26). The lowest BCUT2D eigenvalue weighted by Gasteiger charge is -2.26. The number of carbonyl (C=O) groups excluding carboxylic acids is 1. The summed E-state index contributed by atoms with van der Waals surface area (Å²) in [5, 5.41) is 6.88. The van der Waals surface area contributed by atoms with Gasteiger partial charge in [0.2, 0.25) is 0 Å². The van der Waals surface area contributed by atoms with Crippen LogP contribution in [0.3, 0.4) is 0 Å². The third kappa shape index (κ3) is 5.70. The smallest absolute Gasteiger partial charge is 0.416 e. The molecule has 1 aliphatic heterocycles. The molecule has 2 aromatic rings. The third-order valence-corrected chi connectivity index (χ3v) is 4.22. The number of ether oxygens (including phenoxy) is 2. The molecule has 1 aliphatic rings. The molecule has 152 valence electrons. The molecule has 1 aromatic carbocycles. The Bertz CT molecular complexity index is 788. The van der Waals surface area contributed by atoms with Gasteiger partial charge in [-0.15, -0.1) is 0 Å². The molecule has 0 unspecified atom stereocenters. The third-order valence-electron chi connectivity index (χ3n) is 4.22. The minimum absolute atomic E-state index is 0.0711. The summed E-state index contributed by atoms with van der Waals surface area (Å²) in [5.74, 6) is -0.243. The van der Waals surface area contributed by atoms with Crippen LogP contribution in [0.2, 0.25) is 0 Å². The number of hydrogen-bond acceptors (Lipinski definition) is 5. The van der Waals surface area contributed by atoms with Crippen LogP contribution in [0.25, 0.3) is 0 Å². The molecule has 0 bridgehead atoms. The number of rotatable bonds is 7. The highest BCUT2D eigenvalue weighted by molar-refractivity contribution is 5.92. The van der Waals surface area contributed by atoms with E-state index in [0.717, 1.165) is 31.8 Å². The fraction of sp³-hybridized carbons (Fsp3) is 0.444. The second-order valence-electron chi connectivity index (χ2n) is 6.25. The zero-order chi connectivity index (χ0) is 20.0. The van der Waals surface area contributed by atoms with E-state index in [1.54, 1.807) is 0 Å². The Labute approximate surface area is 160 Å². The molecule has 0 aliphatic carbocycles. The normalized spacial score (nSPS) is 15.4. The molecule has 7 nitrogen and oxygen atoms in total. The molecule has 0 radical (unpaired) electrons. The van der Waals surface area contributed by atoms with Crippen LogP contribution in [0, 0.1) is 0 Å². The molecule has 1 amide bonds. The van der Waals surface area contributed by atoms with Crippen molar-refractivity contribution in [1.82, 2.24) is 20.0 Å². The summed E-state index contributed by atoms with van der Waals surface area (Å²) in [6.07, 6.45) is -2.90. The van der Waals surface area contributed by atoms with Crippen LogP contribution in [0.1, 0.15) is 16.1 Å². The van der Waals surface area contributed by atoms with Crippen molar-refractivity contribution in [3.05, 3.63) is 47.8 Å². The van der Waals surface area contributed by atoms with Gasteiger partial charge in [-0.1, -0.05) is 6.07 Å². The van der Waals surface area contributed by atoms with E-state index in [-0.39, 0.29) is 24.1 Å². The highest BCUT2D eigenvalue weighted by Crippen LogP contribution is 2.31. The van der Waals surface area contributed by atoms with Crippen LogP contribution >= 0.6 is 0 Å². The molecule has 3 rings (SSSR count). The van der Waals surface area contributed by atoms with Crippen molar-refractivity contribution in [2.24, 2.45) is 0 Å². The number of hydrogen-bond donors (Lipinski definition) is 1. The van der Waals surface area contributed by atoms with Crippen molar-refractivity contribution in [2.75, 3.05) is 39.4 Å². The van der Waals surface area contributed by atoms with Crippen LogP contribution in [0.15, 0.2) is 36.5 Å². The van der Waals surface area contributed by atoms with Crippen molar-refractivity contribution in [1.29, 1.82) is 0 Å². The zero-order valence-electron chi connectivity index (χ0n) is 15.1. The first kappa shape index (κ1) is 20.2. The van der Waals surface area contributed by atoms with Gasteiger partial charge >= 0.3 is 6.18 Å². The van der Waals surface area contributed by atoms with Gasteiger partial charge in [0.05, 0.1) is 18.8 Å². The topological polar surface area (TPSA) is 68.6 Å². The number of amides is 1. The van der Waals surface area contributed by atoms with Gasteiger partial charge in [0.1, 0.15) is 11.4 Å². The Balaban J connectivity index is 1.46. The summed E-state index contributed by atoms with van der Waals surface area (Å²) in [5.41, 5.74) is -0.569. The number of carbonyl (C=O) groups is 1. The molecule has 0 atom stereocenters. The average molecular weight is 398 g/mol. The largest absolute Gasteiger partial charge is 0.471 e. The number of nitrogens with one attached hydrogen (secondary N) is 1. The molecular formula is C18H21F3N4O3. The Hall–Kier alpha value is -2.59. The summed E-state index contributed by atoms with van der Waals surface area (Å²) in [4.78, 5) is 14.3. The van der Waals surface area contributed by atoms with E-state index in [1.165, 1.54) is 29.1 Å². The fourth-order valence-electron chi connectivity index (χ4n) is 2.70. The van der Waals surface area contributed by atoms with Gasteiger partial charge < -0.3 is 14.8 Å². The van der Waals surface area contributed by atoms with Crippen molar-refractivity contribution in [2.45, 2.75) is 12.9 Å². The summed E-state index contributed by atoms with van der Waals surface area (Å²) in [6.45, 7) is 4.20. The van der Waals surface area contributed by atoms with Crippen molar-refractivity contribution >= 4 is 5.91 Å². The lowest BCUT2D eigenvalue weighted by Crippen LogP contribution is -2.41. The fourth-order valence-corrected chi connectivity index (χ4v) is 2.70. The van der Waals surface area contributed by atoms with Crippen LogP contribution in [0.4, 0.5) is 13.2 Å². The van der Waals surface area contributed by atoms with Crippen molar-refractivity contribution in [3.63, 3.8) is 0 Å². The highest BCUT2D eigenvalue weighted by atomic mass is 19.4. The first-order valence-corrected chi connectivity index (χ1v) is 8.83. The lowest BCUT2D eigenvalue weighted by molar-refractivity contribution is -0.137. The van der Waals surface area contributed by atoms with Gasteiger partial charge in [-0.25, -0.2) is 4.68 Å². The number of alkyl halides is 3. The minimum atomic E-state index is -4.43. The molecule has 2 heterocycles. The number of benzene rings is 1. The Morgan fingerprint density at radius 2 is 2.04 bits per heavy atom. The van der Waals surface area contributed by atoms with E-state index in [0.29, 0.717) is 19.8 Å². The second-order valence-corrected chi connectivity index (χ2v) is 6.25. The molecule has 10 heteroatoms. The van der Waals surface area contributed by atoms with Gasteiger partial charge in [0, 0.05) is 32.4 Å². The van der Waals surface area contributed by atoms with E-state index in [9.17, 15) is 18.0 Å². The first-order valence-electron chi connectivity index (χ1n) is 8.83. The van der Waals surface area contributed by atoms with Gasteiger partial charge in [-0.3, -0.25) is 9.69 Å². The Morgan fingerprint density at radius 1 is 1.25 bits per heavy atom. The van der Waals surface area contributed by atoms with E-state index in [4.69, 9.17) is 9.47 Å². The number of morpholine rings is 1. The van der Waals surface area contributed by atoms with Crippen molar-refractivity contribution in [3.8, 4) is 5.75 Å². The van der Waals surface area contributed by atoms with E-state index in [1.807, 2.05) is 0 Å². The van der Waals surface area contributed by atoms with E-state index in [2.05, 4.69) is 15.3 Å². The second kappa shape index (κ2) is 9.07. The predicted molar refractivity (Wildman–Crippen MR) is 93.9 cm³/mol. The Kier molecular flexibility index (Phi) is 6.53. The van der Waals surface area contributed by atoms with Gasteiger partial charge in [-0.05, 0) is 24.3 Å². The molecule has 0 spiro atoms. The first-order chi connectivity index (χ1) is 13.4. The summed E-state index contributed by atoms with van der Waals surface area (Å²) in [7, 11) is 0. The monoisotopic (exact) mass is 398 g/mol. The highest BCUT2D eigenvalue weighted by Gasteiger charge is 2.30. The average Bonchev–Trinajstić information content (AvgIpc) is 3.16. The quantitative estimate of drug-likeness (QED) is 0.773. The molecular weight excluding hydrogens is 377 g/mol. The lowest BCUT2D eigenvalue weighted by atomic mass is 10.2. The Morgan fingerprint density at radius 3 is 2.79 bits per heavy atom. The predicted octanol–water partition coefficient (Wildman–Crippen LogP) is 2.00. The van der Waals surface area contributed by atoms with E-state index >= 15 is 0 Å². The van der Waals surface area contributed by atoms with Crippen LogP contribution in [-0.2, 0) is 17.6 Å². The molecule has 1 fully saturated rings. The minimum Gasteiger partial charge on any atom is -0.471 e. The number of aromatic nitrogens is 2. The molecule has 1 saturated heterocycles. The summed E-state index contributed by atoms with van der Waals surface area (Å²) < 4.78 is 50.1. The summed E-state index contributed by atoms with van der Waals surface area (Å²) in [6, 6.07) is 6.12. The van der Waals surface area contributed by atoms with Crippen LogP contribution in [-0.4, -0.2) is 60.0 Å². The molecule has 28 heavy (non-hydrogen) atoms. The SMILES string of the molecule is O=C(NCCN1CCOCC1)c1ccn(COc2cccc(C(F)(F)F)c2)n1. The maximum absolute atomic E-state index is 12.7. The molecule has 1 aromatic heterocycles. The maximum Gasteiger partial charge on any atom is 0.416 e. The number of halogens is 3. The van der Waals surface area contributed by atoms with Crippen LogP contribution < -0.4 is 10.1 Å².